The predicted molar refractivity (Wildman–Crippen MR) is 122 cm³/mol. The van der Waals surface area contributed by atoms with Crippen LogP contribution in [0.15, 0.2) is 29.3 Å². The van der Waals surface area contributed by atoms with Gasteiger partial charge in [0.05, 0.1) is 19.2 Å². The highest BCUT2D eigenvalue weighted by Gasteiger charge is 2.16. The van der Waals surface area contributed by atoms with Crippen molar-refractivity contribution in [1.82, 2.24) is 16.0 Å². The Morgan fingerprint density at radius 2 is 2.00 bits per heavy atom. The van der Waals surface area contributed by atoms with Gasteiger partial charge < -0.3 is 25.6 Å². The van der Waals surface area contributed by atoms with Crippen LogP contribution in [0.5, 0.6) is 0 Å². The Morgan fingerprint density at radius 3 is 2.73 bits per heavy atom. The number of hydrogen-bond acceptors (Lipinski definition) is 4. The number of carbonyl (C=O) groups is 1. The van der Waals surface area contributed by atoms with Crippen molar-refractivity contribution in [1.29, 1.82) is 0 Å². The van der Waals surface area contributed by atoms with E-state index in [4.69, 9.17) is 9.73 Å². The number of guanidine groups is 1. The third-order valence-electron chi connectivity index (χ3n) is 5.62. The number of hydrogen-bond donors (Lipinski definition) is 3. The quantitative estimate of drug-likeness (QED) is 0.328. The maximum absolute atomic E-state index is 11.6. The Bertz CT molecular complexity index is 671. The molecule has 1 aliphatic heterocycles. The Morgan fingerprint density at radius 1 is 1.20 bits per heavy atom. The third-order valence-corrected chi connectivity index (χ3v) is 5.62. The molecule has 3 rings (SSSR count). The van der Waals surface area contributed by atoms with Crippen molar-refractivity contribution < 1.29 is 9.53 Å². The average Bonchev–Trinajstić information content (AvgIpc) is 2.78. The van der Waals surface area contributed by atoms with E-state index in [0.717, 1.165) is 49.9 Å². The SMILES string of the molecule is CCNC(=NCc1ccc(N2CCNC(=O)C2)cc1)NCCCOC1CCCCC1. The number of rotatable bonds is 9. The summed E-state index contributed by atoms with van der Waals surface area (Å²) in [5, 5.41) is 9.57. The number of amides is 1. The molecule has 0 spiro atoms. The highest BCUT2D eigenvalue weighted by molar-refractivity contribution is 5.82. The van der Waals surface area contributed by atoms with E-state index in [1.54, 1.807) is 0 Å². The summed E-state index contributed by atoms with van der Waals surface area (Å²) in [6.07, 6.45) is 7.90. The number of aliphatic imine (C=N–C) groups is 1. The summed E-state index contributed by atoms with van der Waals surface area (Å²) in [6, 6.07) is 8.33. The van der Waals surface area contributed by atoms with Gasteiger partial charge in [0.15, 0.2) is 5.96 Å². The molecule has 0 radical (unpaired) electrons. The van der Waals surface area contributed by atoms with Gasteiger partial charge in [-0.3, -0.25) is 4.79 Å². The maximum Gasteiger partial charge on any atom is 0.239 e. The molecule has 1 saturated carbocycles. The van der Waals surface area contributed by atoms with Crippen LogP contribution < -0.4 is 20.9 Å². The van der Waals surface area contributed by atoms with E-state index in [2.05, 4.69) is 52.0 Å². The van der Waals surface area contributed by atoms with Gasteiger partial charge in [-0.15, -0.1) is 0 Å². The van der Waals surface area contributed by atoms with Crippen molar-refractivity contribution >= 4 is 17.6 Å². The normalized spacial score (nSPS) is 18.2. The lowest BCUT2D eigenvalue weighted by atomic mass is 9.98. The molecular formula is C23H37N5O2. The number of carbonyl (C=O) groups excluding carboxylic acids is 1. The minimum atomic E-state index is 0.0837. The summed E-state index contributed by atoms with van der Waals surface area (Å²) in [5.41, 5.74) is 2.23. The standard InChI is InChI=1S/C23H37N5O2/c1-2-24-23(26-13-6-16-30-21-7-4-3-5-8-21)27-17-19-9-11-20(12-10-19)28-15-14-25-22(29)18-28/h9-12,21H,2-8,13-18H2,1H3,(H,25,29)(H2,24,26,27). The van der Waals surface area contributed by atoms with Gasteiger partial charge in [0.1, 0.15) is 0 Å². The van der Waals surface area contributed by atoms with Crippen LogP contribution in [-0.4, -0.2) is 57.3 Å². The molecule has 30 heavy (non-hydrogen) atoms. The van der Waals surface area contributed by atoms with Gasteiger partial charge in [-0.1, -0.05) is 31.4 Å². The van der Waals surface area contributed by atoms with Gasteiger partial charge in [-0.2, -0.15) is 0 Å². The first kappa shape index (κ1) is 22.4. The number of nitrogens with one attached hydrogen (secondary N) is 3. The lowest BCUT2D eigenvalue weighted by molar-refractivity contribution is -0.120. The second-order valence-electron chi connectivity index (χ2n) is 8.04. The van der Waals surface area contributed by atoms with Crippen LogP contribution in [0, 0.1) is 0 Å². The Labute approximate surface area is 180 Å². The minimum Gasteiger partial charge on any atom is -0.378 e. The molecule has 0 aromatic heterocycles. The first-order chi connectivity index (χ1) is 14.7. The molecule has 2 fully saturated rings. The zero-order chi connectivity index (χ0) is 21.0. The van der Waals surface area contributed by atoms with Crippen molar-refractivity contribution in [2.75, 3.05) is 44.2 Å². The Balaban J connectivity index is 1.40. The predicted octanol–water partition coefficient (Wildman–Crippen LogP) is 2.42. The molecule has 3 N–H and O–H groups in total. The van der Waals surface area contributed by atoms with Crippen LogP contribution in [0.25, 0.3) is 0 Å². The molecule has 0 bridgehead atoms. The van der Waals surface area contributed by atoms with Crippen molar-refractivity contribution in [3.63, 3.8) is 0 Å². The first-order valence-electron chi connectivity index (χ1n) is 11.5. The Kier molecular flexibility index (Phi) is 9.28. The number of anilines is 1. The van der Waals surface area contributed by atoms with E-state index in [9.17, 15) is 4.79 Å². The largest absolute Gasteiger partial charge is 0.378 e. The van der Waals surface area contributed by atoms with E-state index >= 15 is 0 Å². The monoisotopic (exact) mass is 415 g/mol. The van der Waals surface area contributed by atoms with Gasteiger partial charge in [-0.25, -0.2) is 4.99 Å². The van der Waals surface area contributed by atoms with Crippen LogP contribution in [0.4, 0.5) is 5.69 Å². The number of benzene rings is 1. The molecule has 1 aliphatic carbocycles. The van der Waals surface area contributed by atoms with E-state index in [1.165, 1.54) is 32.1 Å². The van der Waals surface area contributed by atoms with E-state index in [-0.39, 0.29) is 5.91 Å². The molecule has 0 atom stereocenters. The fourth-order valence-corrected chi connectivity index (χ4v) is 3.94. The first-order valence-corrected chi connectivity index (χ1v) is 11.5. The maximum atomic E-state index is 11.6. The van der Waals surface area contributed by atoms with Crippen molar-refractivity contribution in [2.24, 2.45) is 4.99 Å². The minimum absolute atomic E-state index is 0.0837. The molecule has 7 heteroatoms. The van der Waals surface area contributed by atoms with Crippen LogP contribution in [0.2, 0.25) is 0 Å². The summed E-state index contributed by atoms with van der Waals surface area (Å²) in [6.45, 7) is 7.18. The molecule has 1 aromatic carbocycles. The molecule has 2 aliphatic rings. The molecule has 7 nitrogen and oxygen atoms in total. The second-order valence-corrected chi connectivity index (χ2v) is 8.04. The molecular weight excluding hydrogens is 378 g/mol. The van der Waals surface area contributed by atoms with Crippen molar-refractivity contribution in [2.45, 2.75) is 58.1 Å². The lowest BCUT2D eigenvalue weighted by Crippen LogP contribution is -2.47. The molecule has 0 unspecified atom stereocenters. The fourth-order valence-electron chi connectivity index (χ4n) is 3.94. The van der Waals surface area contributed by atoms with Gasteiger partial charge in [0, 0.05) is 38.5 Å². The van der Waals surface area contributed by atoms with E-state index < -0.39 is 0 Å². The molecule has 1 amide bonds. The number of nitrogens with zero attached hydrogens (tertiary/aromatic N) is 2. The molecule has 1 saturated heterocycles. The van der Waals surface area contributed by atoms with E-state index in [0.29, 0.717) is 25.7 Å². The van der Waals surface area contributed by atoms with Crippen molar-refractivity contribution in [3.05, 3.63) is 29.8 Å². The zero-order valence-corrected chi connectivity index (χ0v) is 18.3. The average molecular weight is 416 g/mol. The summed E-state index contributed by atoms with van der Waals surface area (Å²) in [4.78, 5) is 18.4. The van der Waals surface area contributed by atoms with Crippen LogP contribution in [0.1, 0.15) is 51.0 Å². The molecule has 1 aromatic rings. The topological polar surface area (TPSA) is 78.0 Å². The van der Waals surface area contributed by atoms with Gasteiger partial charge in [0.2, 0.25) is 5.91 Å². The highest BCUT2D eigenvalue weighted by Crippen LogP contribution is 2.20. The third kappa shape index (κ3) is 7.52. The number of piperazine rings is 1. The molecule has 166 valence electrons. The Hall–Kier alpha value is -2.28. The van der Waals surface area contributed by atoms with Crippen LogP contribution in [0.3, 0.4) is 0 Å². The summed E-state index contributed by atoms with van der Waals surface area (Å²) in [7, 11) is 0. The van der Waals surface area contributed by atoms with Crippen LogP contribution >= 0.6 is 0 Å². The summed E-state index contributed by atoms with van der Waals surface area (Å²) in [5.74, 6) is 0.923. The molecule has 1 heterocycles. The fraction of sp³-hybridized carbons (Fsp3) is 0.652. The zero-order valence-electron chi connectivity index (χ0n) is 18.3. The summed E-state index contributed by atoms with van der Waals surface area (Å²) < 4.78 is 5.99. The van der Waals surface area contributed by atoms with Crippen LogP contribution in [-0.2, 0) is 16.1 Å². The van der Waals surface area contributed by atoms with E-state index in [1.807, 2.05) is 0 Å². The summed E-state index contributed by atoms with van der Waals surface area (Å²) >= 11 is 0. The van der Waals surface area contributed by atoms with Crippen molar-refractivity contribution in [3.8, 4) is 0 Å². The second kappa shape index (κ2) is 12.4. The van der Waals surface area contributed by atoms with Gasteiger partial charge >= 0.3 is 0 Å². The van der Waals surface area contributed by atoms with Gasteiger partial charge in [0.25, 0.3) is 0 Å². The highest BCUT2D eigenvalue weighted by atomic mass is 16.5. The lowest BCUT2D eigenvalue weighted by Gasteiger charge is -2.28. The smallest absolute Gasteiger partial charge is 0.239 e. The number of ether oxygens (including phenoxy) is 1. The van der Waals surface area contributed by atoms with Gasteiger partial charge in [-0.05, 0) is 43.9 Å².